The number of amides is 2. The molecule has 6 nitrogen and oxygen atoms in total. The van der Waals surface area contributed by atoms with E-state index in [0.29, 0.717) is 0 Å². The Kier molecular flexibility index (Phi) is 4.94. The number of nitrogens with zero attached hydrogens (tertiary/aromatic N) is 1. The van der Waals surface area contributed by atoms with Crippen molar-refractivity contribution < 1.29 is 19.5 Å². The SMILES string of the molecule is NC(=O)CN(CC(=O)O)C(=O)c1cc(Cl)sc1Cl. The summed E-state index contributed by atoms with van der Waals surface area (Å²) in [7, 11) is 0. The highest BCUT2D eigenvalue weighted by atomic mass is 35.5. The van der Waals surface area contributed by atoms with Gasteiger partial charge in [-0.1, -0.05) is 23.2 Å². The average Bonchev–Trinajstić information content (AvgIpc) is 2.54. The fourth-order valence-corrected chi connectivity index (χ4v) is 2.66. The molecule has 98 valence electrons. The van der Waals surface area contributed by atoms with Gasteiger partial charge in [0.05, 0.1) is 9.90 Å². The van der Waals surface area contributed by atoms with Crippen LogP contribution >= 0.6 is 34.5 Å². The zero-order chi connectivity index (χ0) is 13.9. The number of carbonyl (C=O) groups excluding carboxylic acids is 2. The van der Waals surface area contributed by atoms with Gasteiger partial charge in [-0.25, -0.2) is 0 Å². The number of carbonyl (C=O) groups is 3. The van der Waals surface area contributed by atoms with Crippen molar-refractivity contribution in [3.8, 4) is 0 Å². The van der Waals surface area contributed by atoms with Crippen LogP contribution in [0.15, 0.2) is 6.07 Å². The molecule has 0 atom stereocenters. The van der Waals surface area contributed by atoms with E-state index in [1.165, 1.54) is 6.07 Å². The molecule has 0 unspecified atom stereocenters. The summed E-state index contributed by atoms with van der Waals surface area (Å²) in [4.78, 5) is 34.2. The Balaban J connectivity index is 2.97. The molecule has 1 rings (SSSR count). The number of hydrogen-bond acceptors (Lipinski definition) is 4. The molecule has 1 aromatic rings. The van der Waals surface area contributed by atoms with E-state index in [9.17, 15) is 14.4 Å². The maximum atomic E-state index is 12.0. The normalized spacial score (nSPS) is 10.1. The summed E-state index contributed by atoms with van der Waals surface area (Å²) in [5.41, 5.74) is 5.00. The maximum absolute atomic E-state index is 12.0. The molecular formula is C9H8Cl2N2O4S. The van der Waals surface area contributed by atoms with E-state index in [1.54, 1.807) is 0 Å². The smallest absolute Gasteiger partial charge is 0.323 e. The number of primary amides is 1. The van der Waals surface area contributed by atoms with Crippen LogP contribution in [0.5, 0.6) is 0 Å². The minimum absolute atomic E-state index is 0.0502. The number of halogens is 2. The van der Waals surface area contributed by atoms with Crippen LogP contribution in [0, 0.1) is 0 Å². The van der Waals surface area contributed by atoms with Gasteiger partial charge in [0.1, 0.15) is 17.4 Å². The summed E-state index contributed by atoms with van der Waals surface area (Å²) in [6, 6.07) is 1.31. The van der Waals surface area contributed by atoms with Gasteiger partial charge >= 0.3 is 5.97 Å². The van der Waals surface area contributed by atoms with Crippen LogP contribution in [0.4, 0.5) is 0 Å². The summed E-state index contributed by atoms with van der Waals surface area (Å²) >= 11 is 12.4. The monoisotopic (exact) mass is 310 g/mol. The third kappa shape index (κ3) is 3.86. The number of carboxylic acid groups (broad SMARTS) is 1. The summed E-state index contributed by atoms with van der Waals surface area (Å²) in [5, 5.41) is 8.66. The van der Waals surface area contributed by atoms with Crippen molar-refractivity contribution in [2.24, 2.45) is 5.73 Å². The van der Waals surface area contributed by atoms with E-state index in [-0.39, 0.29) is 14.2 Å². The molecule has 1 heterocycles. The number of thiophene rings is 1. The zero-order valence-electron chi connectivity index (χ0n) is 8.85. The molecule has 0 saturated heterocycles. The van der Waals surface area contributed by atoms with Crippen LogP contribution in [-0.4, -0.2) is 40.9 Å². The van der Waals surface area contributed by atoms with Crippen molar-refractivity contribution in [3.05, 3.63) is 20.3 Å². The largest absolute Gasteiger partial charge is 0.480 e. The van der Waals surface area contributed by atoms with Crippen LogP contribution in [0.3, 0.4) is 0 Å². The molecule has 9 heteroatoms. The second-order valence-corrected chi connectivity index (χ2v) is 5.54. The molecule has 0 aliphatic heterocycles. The highest BCUT2D eigenvalue weighted by molar-refractivity contribution is 7.20. The molecular weight excluding hydrogens is 303 g/mol. The lowest BCUT2D eigenvalue weighted by Gasteiger charge is -2.18. The third-order valence-electron chi connectivity index (χ3n) is 1.85. The van der Waals surface area contributed by atoms with Crippen LogP contribution in [0.25, 0.3) is 0 Å². The van der Waals surface area contributed by atoms with Crippen molar-refractivity contribution in [1.29, 1.82) is 0 Å². The second kappa shape index (κ2) is 6.03. The average molecular weight is 311 g/mol. The van der Waals surface area contributed by atoms with Crippen LogP contribution in [0.2, 0.25) is 8.67 Å². The first-order chi connectivity index (χ1) is 8.31. The number of nitrogens with two attached hydrogens (primary N) is 1. The van der Waals surface area contributed by atoms with Gasteiger partial charge < -0.3 is 15.7 Å². The molecule has 1 aromatic heterocycles. The quantitative estimate of drug-likeness (QED) is 0.849. The number of aliphatic carboxylic acids is 1. The van der Waals surface area contributed by atoms with E-state index in [0.717, 1.165) is 16.2 Å². The molecule has 0 radical (unpaired) electrons. The summed E-state index contributed by atoms with van der Waals surface area (Å²) in [5.74, 6) is -2.78. The Bertz CT molecular complexity index is 487. The Morgan fingerprint density at radius 2 is 1.94 bits per heavy atom. The Morgan fingerprint density at radius 3 is 2.33 bits per heavy atom. The summed E-state index contributed by atoms with van der Waals surface area (Å²) in [6.45, 7) is -1.15. The predicted molar refractivity (Wildman–Crippen MR) is 67.1 cm³/mol. The molecule has 0 aliphatic carbocycles. The van der Waals surface area contributed by atoms with Crippen molar-refractivity contribution in [2.75, 3.05) is 13.1 Å². The number of hydrogen-bond donors (Lipinski definition) is 2. The molecule has 0 saturated carbocycles. The molecule has 0 bridgehead atoms. The number of rotatable bonds is 5. The molecule has 0 spiro atoms. The standard InChI is InChI=1S/C9H8Cl2N2O4S/c10-5-1-4(8(11)18-5)9(17)13(2-6(12)14)3-7(15)16/h1H,2-3H2,(H2,12,14)(H,15,16). The van der Waals surface area contributed by atoms with Crippen molar-refractivity contribution in [1.82, 2.24) is 4.90 Å². The fourth-order valence-electron chi connectivity index (χ4n) is 1.21. The lowest BCUT2D eigenvalue weighted by Crippen LogP contribution is -2.41. The van der Waals surface area contributed by atoms with Crippen LogP contribution < -0.4 is 5.73 Å². The van der Waals surface area contributed by atoms with E-state index in [1.807, 2.05) is 0 Å². The topological polar surface area (TPSA) is 101 Å². The second-order valence-electron chi connectivity index (χ2n) is 3.26. The van der Waals surface area contributed by atoms with E-state index in [4.69, 9.17) is 34.0 Å². The Labute approximate surface area is 116 Å². The highest BCUT2D eigenvalue weighted by Gasteiger charge is 2.23. The molecule has 2 amide bonds. The molecule has 0 aromatic carbocycles. The van der Waals surface area contributed by atoms with Gasteiger partial charge in [0.15, 0.2) is 0 Å². The zero-order valence-corrected chi connectivity index (χ0v) is 11.2. The first-order valence-electron chi connectivity index (χ1n) is 4.55. The van der Waals surface area contributed by atoms with Gasteiger partial charge in [-0.2, -0.15) is 0 Å². The van der Waals surface area contributed by atoms with Crippen LogP contribution in [-0.2, 0) is 9.59 Å². The van der Waals surface area contributed by atoms with E-state index < -0.39 is 30.9 Å². The molecule has 0 fully saturated rings. The van der Waals surface area contributed by atoms with Gasteiger partial charge in [0.2, 0.25) is 5.91 Å². The van der Waals surface area contributed by atoms with E-state index >= 15 is 0 Å². The first kappa shape index (κ1) is 14.7. The lowest BCUT2D eigenvalue weighted by atomic mass is 10.3. The van der Waals surface area contributed by atoms with Gasteiger partial charge in [-0.05, 0) is 6.07 Å². The molecule has 0 aliphatic rings. The van der Waals surface area contributed by atoms with Crippen LogP contribution in [0.1, 0.15) is 10.4 Å². The highest BCUT2D eigenvalue weighted by Crippen LogP contribution is 2.31. The van der Waals surface area contributed by atoms with Crippen molar-refractivity contribution in [3.63, 3.8) is 0 Å². The third-order valence-corrected chi connectivity index (χ3v) is 3.33. The van der Waals surface area contributed by atoms with E-state index in [2.05, 4.69) is 0 Å². The first-order valence-corrected chi connectivity index (χ1v) is 6.12. The Hall–Kier alpha value is -1.31. The minimum Gasteiger partial charge on any atom is -0.480 e. The van der Waals surface area contributed by atoms with Gasteiger partial charge in [0.25, 0.3) is 5.91 Å². The maximum Gasteiger partial charge on any atom is 0.323 e. The van der Waals surface area contributed by atoms with Gasteiger partial charge in [0, 0.05) is 0 Å². The predicted octanol–water partition coefficient (Wildman–Crippen LogP) is 1.07. The summed E-state index contributed by atoms with van der Waals surface area (Å²) in [6.07, 6.45) is 0. The van der Waals surface area contributed by atoms with Gasteiger partial charge in [-0.15, -0.1) is 11.3 Å². The molecule has 3 N–H and O–H groups in total. The minimum atomic E-state index is -1.26. The summed E-state index contributed by atoms with van der Waals surface area (Å²) < 4.78 is 0.419. The van der Waals surface area contributed by atoms with Gasteiger partial charge in [-0.3, -0.25) is 14.4 Å². The number of carboxylic acids is 1. The van der Waals surface area contributed by atoms with Crippen molar-refractivity contribution >= 4 is 52.3 Å². The van der Waals surface area contributed by atoms with Crippen molar-refractivity contribution in [2.45, 2.75) is 0 Å². The molecule has 18 heavy (non-hydrogen) atoms. The fraction of sp³-hybridized carbons (Fsp3) is 0.222. The lowest BCUT2D eigenvalue weighted by molar-refractivity contribution is -0.138. The Morgan fingerprint density at radius 1 is 1.33 bits per heavy atom.